The van der Waals surface area contributed by atoms with E-state index in [2.05, 4.69) is 27.5 Å². The summed E-state index contributed by atoms with van der Waals surface area (Å²) in [5.74, 6) is -0.849. The molecule has 8 heteroatoms. The molecule has 1 amide bonds. The van der Waals surface area contributed by atoms with Crippen molar-refractivity contribution < 1.29 is 9.18 Å². The van der Waals surface area contributed by atoms with Crippen LogP contribution in [0, 0.1) is 19.7 Å². The van der Waals surface area contributed by atoms with Gasteiger partial charge in [0.25, 0.3) is 5.91 Å². The molecule has 0 bridgehead atoms. The van der Waals surface area contributed by atoms with Gasteiger partial charge in [-0.2, -0.15) is 0 Å². The monoisotopic (exact) mass is 387 g/mol. The number of nitrogens with zero attached hydrogens (tertiary/aromatic N) is 3. The Morgan fingerprint density at radius 1 is 1.37 bits per heavy atom. The van der Waals surface area contributed by atoms with Gasteiger partial charge in [-0.3, -0.25) is 9.78 Å². The normalized spacial score (nSPS) is 20.1. The second-order valence-electron chi connectivity index (χ2n) is 7.16. The van der Waals surface area contributed by atoms with Gasteiger partial charge < -0.3 is 15.0 Å². The van der Waals surface area contributed by atoms with Gasteiger partial charge in [0.1, 0.15) is 10.7 Å². The summed E-state index contributed by atoms with van der Waals surface area (Å²) in [5.41, 5.74) is 3.08. The van der Waals surface area contributed by atoms with E-state index in [9.17, 15) is 9.18 Å². The first-order valence-electron chi connectivity index (χ1n) is 9.07. The molecule has 0 saturated carbocycles. The van der Waals surface area contributed by atoms with Crippen molar-refractivity contribution in [1.82, 2.24) is 25.0 Å². The molecule has 0 aliphatic carbocycles. The van der Waals surface area contributed by atoms with E-state index < -0.39 is 5.82 Å². The van der Waals surface area contributed by atoms with Gasteiger partial charge >= 0.3 is 0 Å². The molecule has 2 atom stereocenters. The van der Waals surface area contributed by atoms with Crippen LogP contribution in [0.4, 0.5) is 4.39 Å². The molecule has 4 rings (SSSR count). The Bertz CT molecular complexity index is 1010. The highest BCUT2D eigenvalue weighted by Crippen LogP contribution is 2.31. The van der Waals surface area contributed by atoms with E-state index >= 15 is 0 Å². The number of nitrogens with one attached hydrogen (secondary N) is 2. The number of carbonyl (C=O) groups is 1. The number of rotatable bonds is 3. The number of thiophene rings is 1. The third kappa shape index (κ3) is 3.59. The zero-order valence-corrected chi connectivity index (χ0v) is 16.4. The highest BCUT2D eigenvalue weighted by Gasteiger charge is 2.24. The maximum absolute atomic E-state index is 14.5. The summed E-state index contributed by atoms with van der Waals surface area (Å²) in [7, 11) is 0. The number of halogens is 1. The first-order valence-corrected chi connectivity index (χ1v) is 9.89. The molecule has 2 N–H and O–H groups in total. The molecule has 142 valence electrons. The smallest absolute Gasteiger partial charge is 0.264 e. The van der Waals surface area contributed by atoms with Crippen molar-refractivity contribution in [3.8, 4) is 10.6 Å². The average Bonchev–Trinajstić information content (AvgIpc) is 3.18. The predicted octanol–water partition coefficient (Wildman–Crippen LogP) is 3.08. The van der Waals surface area contributed by atoms with Gasteiger partial charge in [-0.1, -0.05) is 0 Å². The van der Waals surface area contributed by atoms with Gasteiger partial charge in [-0.25, -0.2) is 9.37 Å². The van der Waals surface area contributed by atoms with Gasteiger partial charge in [-0.05, 0) is 46.2 Å². The summed E-state index contributed by atoms with van der Waals surface area (Å²) in [6.45, 7) is 6.76. The number of hydrogen-bond donors (Lipinski definition) is 2. The Hall–Kier alpha value is -2.32. The first kappa shape index (κ1) is 18.1. The Kier molecular flexibility index (Phi) is 4.69. The summed E-state index contributed by atoms with van der Waals surface area (Å²) >= 11 is 1.14. The number of carbonyl (C=O) groups excluding carboxylic acids is 1. The Balaban J connectivity index is 1.59. The molecule has 0 radical (unpaired) electrons. The molecule has 0 spiro atoms. The van der Waals surface area contributed by atoms with Crippen molar-refractivity contribution in [3.05, 3.63) is 40.5 Å². The van der Waals surface area contributed by atoms with Crippen molar-refractivity contribution in [2.75, 3.05) is 6.54 Å². The Morgan fingerprint density at radius 2 is 2.19 bits per heavy atom. The second-order valence-corrected chi connectivity index (χ2v) is 8.21. The Morgan fingerprint density at radius 3 is 2.96 bits per heavy atom. The topological polar surface area (TPSA) is 71.3 Å². The highest BCUT2D eigenvalue weighted by atomic mass is 32.1. The zero-order chi connectivity index (χ0) is 19.1. The van der Waals surface area contributed by atoms with Gasteiger partial charge in [0, 0.05) is 24.5 Å². The lowest BCUT2D eigenvalue weighted by atomic mass is 10.0. The first-order chi connectivity index (χ1) is 12.9. The molecule has 1 saturated heterocycles. The van der Waals surface area contributed by atoms with Crippen molar-refractivity contribution in [1.29, 1.82) is 0 Å². The van der Waals surface area contributed by atoms with Crippen LogP contribution in [0.1, 0.15) is 40.8 Å². The molecular formula is C19H22FN5OS. The lowest BCUT2D eigenvalue weighted by Crippen LogP contribution is -2.46. The fourth-order valence-corrected chi connectivity index (χ4v) is 4.48. The minimum Gasteiger partial charge on any atom is -0.348 e. The van der Waals surface area contributed by atoms with E-state index in [0.29, 0.717) is 16.6 Å². The lowest BCUT2D eigenvalue weighted by molar-refractivity contribution is 0.0926. The van der Waals surface area contributed by atoms with Crippen LogP contribution < -0.4 is 10.6 Å². The standard InChI is InChI=1S/C19H22FN5OS/c1-10-6-13(4-5-21-10)23-19(26)17-14(20)7-16(27-17)15-9-25-8-11(2)22-12(3)18(25)24-15/h7-10,13,21H,4-6H2,1-3H3,(H,23,26)/t10-,13+/m1/s1. The minimum absolute atomic E-state index is 0.0746. The van der Waals surface area contributed by atoms with Crippen molar-refractivity contribution in [2.24, 2.45) is 0 Å². The largest absolute Gasteiger partial charge is 0.348 e. The number of amides is 1. The molecule has 0 aromatic carbocycles. The van der Waals surface area contributed by atoms with Gasteiger partial charge in [0.05, 0.1) is 22.0 Å². The predicted molar refractivity (Wildman–Crippen MR) is 104 cm³/mol. The van der Waals surface area contributed by atoms with Crippen LogP contribution in [-0.2, 0) is 0 Å². The van der Waals surface area contributed by atoms with Crippen LogP contribution >= 0.6 is 11.3 Å². The maximum Gasteiger partial charge on any atom is 0.264 e. The molecule has 1 fully saturated rings. The van der Waals surface area contributed by atoms with E-state index in [1.807, 2.05) is 30.6 Å². The van der Waals surface area contributed by atoms with Crippen LogP contribution in [0.5, 0.6) is 0 Å². The molecule has 4 heterocycles. The number of hydrogen-bond acceptors (Lipinski definition) is 5. The second kappa shape index (κ2) is 7.01. The van der Waals surface area contributed by atoms with E-state index in [1.54, 1.807) is 0 Å². The number of piperidine rings is 1. The van der Waals surface area contributed by atoms with Crippen LogP contribution in [-0.4, -0.2) is 38.9 Å². The molecule has 3 aromatic heterocycles. The third-order valence-corrected chi connectivity index (χ3v) is 5.96. The third-order valence-electron chi connectivity index (χ3n) is 4.83. The molecule has 27 heavy (non-hydrogen) atoms. The SMILES string of the molecule is Cc1cn2cc(-c3cc(F)c(C(=O)N[C@H]4CCN[C@H](C)C4)s3)nc2c(C)n1. The van der Waals surface area contributed by atoms with Crippen molar-refractivity contribution in [3.63, 3.8) is 0 Å². The number of aromatic nitrogens is 3. The van der Waals surface area contributed by atoms with E-state index in [-0.39, 0.29) is 16.8 Å². The summed E-state index contributed by atoms with van der Waals surface area (Å²) in [6.07, 6.45) is 5.44. The van der Waals surface area contributed by atoms with Crippen LogP contribution in [0.3, 0.4) is 0 Å². The van der Waals surface area contributed by atoms with E-state index in [4.69, 9.17) is 0 Å². The molecule has 3 aromatic rings. The number of fused-ring (bicyclic) bond motifs is 1. The summed E-state index contributed by atoms with van der Waals surface area (Å²) < 4.78 is 16.4. The average molecular weight is 387 g/mol. The van der Waals surface area contributed by atoms with E-state index in [1.165, 1.54) is 6.07 Å². The zero-order valence-electron chi connectivity index (χ0n) is 15.5. The molecule has 6 nitrogen and oxygen atoms in total. The lowest BCUT2D eigenvalue weighted by Gasteiger charge is -2.28. The highest BCUT2D eigenvalue weighted by molar-refractivity contribution is 7.17. The number of aryl methyl sites for hydroxylation is 2. The van der Waals surface area contributed by atoms with Crippen molar-refractivity contribution in [2.45, 2.75) is 45.7 Å². The van der Waals surface area contributed by atoms with Crippen LogP contribution in [0.15, 0.2) is 18.5 Å². The van der Waals surface area contributed by atoms with Crippen molar-refractivity contribution >= 4 is 22.9 Å². The Labute approximate surface area is 160 Å². The van der Waals surface area contributed by atoms with Gasteiger partial charge in [0.15, 0.2) is 5.65 Å². The van der Waals surface area contributed by atoms with Crippen LogP contribution in [0.25, 0.3) is 16.2 Å². The fraction of sp³-hybridized carbons (Fsp3) is 0.421. The summed E-state index contributed by atoms with van der Waals surface area (Å²) in [5, 5.41) is 6.31. The maximum atomic E-state index is 14.5. The number of imidazole rings is 1. The minimum atomic E-state index is -0.502. The molecule has 1 aliphatic rings. The quantitative estimate of drug-likeness (QED) is 0.725. The summed E-state index contributed by atoms with van der Waals surface area (Å²) in [4.78, 5) is 22.3. The van der Waals surface area contributed by atoms with Crippen LogP contribution in [0.2, 0.25) is 0 Å². The van der Waals surface area contributed by atoms with Gasteiger partial charge in [-0.15, -0.1) is 11.3 Å². The fourth-order valence-electron chi connectivity index (χ4n) is 3.59. The molecule has 0 unspecified atom stereocenters. The van der Waals surface area contributed by atoms with E-state index in [0.717, 1.165) is 47.8 Å². The molecular weight excluding hydrogens is 365 g/mol. The molecule has 1 aliphatic heterocycles. The van der Waals surface area contributed by atoms with Gasteiger partial charge in [0.2, 0.25) is 0 Å². The summed E-state index contributed by atoms with van der Waals surface area (Å²) in [6, 6.07) is 1.82.